The molecule has 2 nitrogen and oxygen atoms in total. The monoisotopic (exact) mass is 155 g/mol. The van der Waals surface area contributed by atoms with Crippen LogP contribution in [0.5, 0.6) is 0 Å². The molecular formula is C9H17NO. The third-order valence-electron chi connectivity index (χ3n) is 1.85. The number of allylic oxidation sites excluding steroid dienone is 1. The highest BCUT2D eigenvalue weighted by Gasteiger charge is 2.11. The largest absolute Gasteiger partial charge is 0.392 e. The van der Waals surface area contributed by atoms with E-state index in [0.29, 0.717) is 0 Å². The quantitative estimate of drug-likeness (QED) is 0.586. The van der Waals surface area contributed by atoms with Crippen LogP contribution in [0.2, 0.25) is 0 Å². The molecule has 1 atom stereocenters. The summed E-state index contributed by atoms with van der Waals surface area (Å²) in [5, 5.41) is 11.8. The highest BCUT2D eigenvalue weighted by molar-refractivity contribution is 5.14. The van der Waals surface area contributed by atoms with Crippen LogP contribution in [0.15, 0.2) is 24.4 Å². The second kappa shape index (κ2) is 4.97. The van der Waals surface area contributed by atoms with Crippen LogP contribution in [0.25, 0.3) is 0 Å². The molecule has 2 N–H and O–H groups in total. The number of hydrogen-bond donors (Lipinski definition) is 2. The van der Waals surface area contributed by atoms with Crippen molar-refractivity contribution in [1.29, 1.82) is 0 Å². The van der Waals surface area contributed by atoms with Crippen LogP contribution in [0, 0.1) is 5.92 Å². The van der Waals surface area contributed by atoms with Crippen molar-refractivity contribution in [3.8, 4) is 0 Å². The lowest BCUT2D eigenvalue weighted by Gasteiger charge is -2.18. The Morgan fingerprint density at radius 3 is 2.36 bits per heavy atom. The Morgan fingerprint density at radius 1 is 1.55 bits per heavy atom. The van der Waals surface area contributed by atoms with Crippen LogP contribution in [0.3, 0.4) is 0 Å². The highest BCUT2D eigenvalue weighted by Crippen LogP contribution is 2.18. The molecule has 0 aromatic carbocycles. The van der Waals surface area contributed by atoms with E-state index in [9.17, 15) is 0 Å². The summed E-state index contributed by atoms with van der Waals surface area (Å²) >= 11 is 0. The number of aliphatic hydroxyl groups is 1. The summed E-state index contributed by atoms with van der Waals surface area (Å²) in [7, 11) is 1.83. The first kappa shape index (κ1) is 10.2. The van der Waals surface area contributed by atoms with E-state index in [0.717, 1.165) is 17.7 Å². The van der Waals surface area contributed by atoms with E-state index in [-0.39, 0.29) is 12.5 Å². The maximum absolute atomic E-state index is 8.81. The smallest absolute Gasteiger partial charge is 0.0645 e. The first-order valence-electron chi connectivity index (χ1n) is 3.82. The van der Waals surface area contributed by atoms with Crippen LogP contribution in [0.4, 0.5) is 0 Å². The van der Waals surface area contributed by atoms with Crippen molar-refractivity contribution in [3.63, 3.8) is 0 Å². The minimum atomic E-state index is 0.0409. The second-order valence-corrected chi connectivity index (χ2v) is 2.55. The number of rotatable bonds is 5. The summed E-state index contributed by atoms with van der Waals surface area (Å²) < 4.78 is 0. The van der Waals surface area contributed by atoms with Gasteiger partial charge in [-0.1, -0.05) is 20.1 Å². The van der Waals surface area contributed by atoms with Gasteiger partial charge in [0, 0.05) is 18.7 Å². The molecule has 0 amide bonds. The van der Waals surface area contributed by atoms with E-state index in [1.54, 1.807) is 0 Å². The summed E-state index contributed by atoms with van der Waals surface area (Å²) in [6.45, 7) is 9.68. The molecule has 2 heteroatoms. The van der Waals surface area contributed by atoms with Gasteiger partial charge in [-0.3, -0.25) is 0 Å². The third-order valence-corrected chi connectivity index (χ3v) is 1.85. The molecule has 1 unspecified atom stereocenters. The molecule has 0 aromatic heterocycles. The maximum Gasteiger partial charge on any atom is 0.0645 e. The molecule has 0 aliphatic rings. The lowest BCUT2D eigenvalue weighted by atomic mass is 9.95. The molecule has 0 bridgehead atoms. The zero-order chi connectivity index (χ0) is 8.85. The van der Waals surface area contributed by atoms with Gasteiger partial charge in [-0.25, -0.2) is 0 Å². The van der Waals surface area contributed by atoms with Crippen molar-refractivity contribution in [1.82, 2.24) is 5.32 Å². The average molecular weight is 155 g/mol. The van der Waals surface area contributed by atoms with Crippen molar-refractivity contribution in [2.45, 2.75) is 13.3 Å². The third kappa shape index (κ3) is 2.76. The van der Waals surface area contributed by atoms with Gasteiger partial charge in [0.05, 0.1) is 6.61 Å². The summed E-state index contributed by atoms with van der Waals surface area (Å²) in [6.07, 6.45) is 0.930. The Labute approximate surface area is 68.6 Å². The molecule has 0 heterocycles. The van der Waals surface area contributed by atoms with Gasteiger partial charge in [-0.05, 0) is 12.0 Å². The summed E-state index contributed by atoms with van der Waals surface area (Å²) in [5.41, 5.74) is 1.75. The van der Waals surface area contributed by atoms with Crippen LogP contribution >= 0.6 is 0 Å². The van der Waals surface area contributed by atoms with Gasteiger partial charge in [-0.2, -0.15) is 0 Å². The molecule has 0 rings (SSSR count). The fraction of sp³-hybridized carbons (Fsp3) is 0.556. The molecule has 0 fully saturated rings. The van der Waals surface area contributed by atoms with Crippen molar-refractivity contribution in [2.24, 2.45) is 5.92 Å². The molecule has 0 aromatic rings. The molecule has 0 saturated heterocycles. The van der Waals surface area contributed by atoms with Gasteiger partial charge < -0.3 is 10.4 Å². The first-order chi connectivity index (χ1) is 5.17. The zero-order valence-corrected chi connectivity index (χ0v) is 7.35. The van der Waals surface area contributed by atoms with Crippen LogP contribution in [-0.2, 0) is 0 Å². The minimum absolute atomic E-state index is 0.0409. The van der Waals surface area contributed by atoms with E-state index >= 15 is 0 Å². The van der Waals surface area contributed by atoms with E-state index < -0.39 is 0 Å². The SMILES string of the molecule is C=C(CO)C(CC)C(=C)NC. The standard InChI is InChI=1S/C9H17NO/c1-5-9(7(2)6-11)8(3)10-4/h9-11H,2-3,5-6H2,1,4H3. The van der Waals surface area contributed by atoms with Crippen LogP contribution < -0.4 is 5.32 Å². The van der Waals surface area contributed by atoms with Gasteiger partial charge >= 0.3 is 0 Å². The van der Waals surface area contributed by atoms with Gasteiger partial charge in [0.15, 0.2) is 0 Å². The first-order valence-corrected chi connectivity index (χ1v) is 3.82. The molecule has 0 aliphatic heterocycles. The maximum atomic E-state index is 8.81. The van der Waals surface area contributed by atoms with Crippen molar-refractivity contribution < 1.29 is 5.11 Å². The van der Waals surface area contributed by atoms with Gasteiger partial charge in [0.25, 0.3) is 0 Å². The second-order valence-electron chi connectivity index (χ2n) is 2.55. The lowest BCUT2D eigenvalue weighted by molar-refractivity contribution is 0.316. The van der Waals surface area contributed by atoms with Crippen molar-refractivity contribution >= 4 is 0 Å². The number of nitrogens with one attached hydrogen (secondary N) is 1. The molecule has 0 spiro atoms. The molecule has 64 valence electrons. The molecule has 0 radical (unpaired) electrons. The summed E-state index contributed by atoms with van der Waals surface area (Å²) in [4.78, 5) is 0. The summed E-state index contributed by atoms with van der Waals surface area (Å²) in [6, 6.07) is 0. The summed E-state index contributed by atoms with van der Waals surface area (Å²) in [5.74, 6) is 0.199. The molecule has 0 aliphatic carbocycles. The predicted molar refractivity (Wildman–Crippen MR) is 48.2 cm³/mol. The van der Waals surface area contributed by atoms with E-state index in [1.165, 1.54) is 0 Å². The lowest BCUT2D eigenvalue weighted by Crippen LogP contribution is -2.17. The Kier molecular flexibility index (Phi) is 4.62. The number of aliphatic hydroxyl groups excluding tert-OH is 1. The Morgan fingerprint density at radius 2 is 2.09 bits per heavy atom. The van der Waals surface area contributed by atoms with Gasteiger partial charge in [0.2, 0.25) is 0 Å². The normalized spacial score (nSPS) is 12.3. The molecule has 11 heavy (non-hydrogen) atoms. The van der Waals surface area contributed by atoms with E-state index in [4.69, 9.17) is 5.11 Å². The van der Waals surface area contributed by atoms with E-state index in [2.05, 4.69) is 18.5 Å². The fourth-order valence-electron chi connectivity index (χ4n) is 1.07. The predicted octanol–water partition coefficient (Wildman–Crippen LogP) is 1.29. The van der Waals surface area contributed by atoms with Crippen molar-refractivity contribution in [3.05, 3.63) is 24.4 Å². The Bertz CT molecular complexity index is 136. The topological polar surface area (TPSA) is 32.3 Å². The van der Waals surface area contributed by atoms with Crippen LogP contribution in [-0.4, -0.2) is 18.8 Å². The highest BCUT2D eigenvalue weighted by atomic mass is 16.3. The van der Waals surface area contributed by atoms with E-state index in [1.807, 2.05) is 14.0 Å². The van der Waals surface area contributed by atoms with Gasteiger partial charge in [0.1, 0.15) is 0 Å². The fourth-order valence-corrected chi connectivity index (χ4v) is 1.07. The Balaban J connectivity index is 4.15. The molecular weight excluding hydrogens is 138 g/mol. The van der Waals surface area contributed by atoms with Crippen molar-refractivity contribution in [2.75, 3.05) is 13.7 Å². The average Bonchev–Trinajstić information content (AvgIpc) is 2.05. The van der Waals surface area contributed by atoms with Crippen LogP contribution in [0.1, 0.15) is 13.3 Å². The minimum Gasteiger partial charge on any atom is -0.392 e. The zero-order valence-electron chi connectivity index (χ0n) is 7.35. The Hall–Kier alpha value is -0.760. The number of hydrogen-bond acceptors (Lipinski definition) is 2. The molecule has 0 saturated carbocycles. The van der Waals surface area contributed by atoms with Gasteiger partial charge in [-0.15, -0.1) is 0 Å².